The number of hydrogen-bond acceptors (Lipinski definition) is 5. The maximum atomic E-state index is 12.1. The van der Waals surface area contributed by atoms with E-state index in [0.717, 1.165) is 0 Å². The highest BCUT2D eigenvalue weighted by molar-refractivity contribution is 6.33. The van der Waals surface area contributed by atoms with Crippen LogP contribution in [0.4, 0.5) is 5.82 Å². The van der Waals surface area contributed by atoms with Gasteiger partial charge in [-0.15, -0.1) is 0 Å². The summed E-state index contributed by atoms with van der Waals surface area (Å²) in [6.07, 6.45) is 1.46. The Hall–Kier alpha value is -1.37. The number of halogens is 1. The van der Waals surface area contributed by atoms with Crippen molar-refractivity contribution in [2.24, 2.45) is 0 Å². The van der Waals surface area contributed by atoms with Gasteiger partial charge in [-0.3, -0.25) is 10.2 Å². The van der Waals surface area contributed by atoms with Gasteiger partial charge in [0.2, 0.25) is 0 Å². The van der Waals surface area contributed by atoms with Gasteiger partial charge in [0.1, 0.15) is 5.82 Å². The molecule has 2 heterocycles. The Morgan fingerprint density at radius 2 is 2.22 bits per heavy atom. The highest BCUT2D eigenvalue weighted by atomic mass is 35.5. The second-order valence-electron chi connectivity index (χ2n) is 3.84. The quantitative estimate of drug-likeness (QED) is 0.849. The number of morpholine rings is 1. The third kappa shape index (κ3) is 3.10. The van der Waals surface area contributed by atoms with Gasteiger partial charge >= 0.3 is 0 Å². The number of carbonyl (C=O) groups excluding carboxylic acids is 1. The summed E-state index contributed by atoms with van der Waals surface area (Å²) in [7, 11) is 1.74. The number of carbonyl (C=O) groups is 1. The van der Waals surface area contributed by atoms with E-state index in [0.29, 0.717) is 42.7 Å². The topological polar surface area (TPSA) is 66.5 Å². The summed E-state index contributed by atoms with van der Waals surface area (Å²) in [6, 6.07) is 1.62. The molecule has 6 nitrogen and oxygen atoms in total. The molecule has 2 N–H and O–H groups in total. The fourth-order valence-electron chi connectivity index (χ4n) is 1.63. The Morgan fingerprint density at radius 1 is 1.50 bits per heavy atom. The number of amides is 1. The van der Waals surface area contributed by atoms with Crippen LogP contribution in [0.1, 0.15) is 10.4 Å². The van der Waals surface area contributed by atoms with Crippen molar-refractivity contribution in [2.75, 3.05) is 38.7 Å². The third-order valence-electron chi connectivity index (χ3n) is 2.63. The molecule has 1 aromatic rings. The molecular formula is C11H15ClN4O2. The minimum atomic E-state index is -0.235. The minimum Gasteiger partial charge on any atom is -0.379 e. The Bertz CT molecular complexity index is 435. The van der Waals surface area contributed by atoms with Crippen molar-refractivity contribution in [2.45, 2.75) is 0 Å². The van der Waals surface area contributed by atoms with Gasteiger partial charge in [-0.05, 0) is 6.07 Å². The molecule has 1 aliphatic heterocycles. The number of anilines is 1. The maximum Gasteiger partial charge on any atom is 0.267 e. The molecule has 0 spiro atoms. The number of nitrogens with one attached hydrogen (secondary N) is 2. The van der Waals surface area contributed by atoms with Gasteiger partial charge in [0.15, 0.2) is 0 Å². The molecule has 0 atom stereocenters. The van der Waals surface area contributed by atoms with Crippen LogP contribution in [0.3, 0.4) is 0 Å². The maximum absolute atomic E-state index is 12.1. The summed E-state index contributed by atoms with van der Waals surface area (Å²) >= 11 is 5.97. The summed E-state index contributed by atoms with van der Waals surface area (Å²) in [5.74, 6) is 0.368. The molecule has 18 heavy (non-hydrogen) atoms. The van der Waals surface area contributed by atoms with Crippen LogP contribution in [0.15, 0.2) is 12.3 Å². The van der Waals surface area contributed by atoms with Crippen LogP contribution < -0.4 is 10.7 Å². The van der Waals surface area contributed by atoms with E-state index in [2.05, 4.69) is 15.7 Å². The minimum absolute atomic E-state index is 0.235. The summed E-state index contributed by atoms with van der Waals surface area (Å²) in [5, 5.41) is 5.02. The van der Waals surface area contributed by atoms with Crippen LogP contribution >= 0.6 is 11.6 Å². The lowest BCUT2D eigenvalue weighted by Crippen LogP contribution is -2.48. The molecule has 0 saturated carbocycles. The second kappa shape index (κ2) is 5.99. The van der Waals surface area contributed by atoms with Crippen molar-refractivity contribution in [3.63, 3.8) is 0 Å². The van der Waals surface area contributed by atoms with Gasteiger partial charge in [0, 0.05) is 26.3 Å². The molecule has 0 aromatic carbocycles. The van der Waals surface area contributed by atoms with Gasteiger partial charge in [-0.25, -0.2) is 9.99 Å². The van der Waals surface area contributed by atoms with Crippen LogP contribution in [-0.2, 0) is 4.74 Å². The zero-order valence-corrected chi connectivity index (χ0v) is 10.8. The third-order valence-corrected chi connectivity index (χ3v) is 2.93. The lowest BCUT2D eigenvalue weighted by atomic mass is 10.2. The number of ether oxygens (including phenoxy) is 1. The predicted octanol–water partition coefficient (Wildman–Crippen LogP) is 0.754. The molecule has 1 fully saturated rings. The van der Waals surface area contributed by atoms with Gasteiger partial charge in [-0.1, -0.05) is 11.6 Å². The fraction of sp³-hybridized carbons (Fsp3) is 0.455. The Labute approximate surface area is 110 Å². The molecule has 98 valence electrons. The standard InChI is InChI=1S/C11H15ClN4O2/c1-13-10-6-8(9(12)7-14-10)11(17)15-16-2-4-18-5-3-16/h6-7H,2-5H2,1H3,(H,13,14)(H,15,17). The Morgan fingerprint density at radius 3 is 2.89 bits per heavy atom. The zero-order chi connectivity index (χ0) is 13.0. The number of nitrogens with zero attached hydrogens (tertiary/aromatic N) is 2. The molecule has 1 amide bonds. The molecule has 1 saturated heterocycles. The molecule has 7 heteroatoms. The van der Waals surface area contributed by atoms with E-state index in [-0.39, 0.29) is 5.91 Å². The van der Waals surface area contributed by atoms with Crippen molar-refractivity contribution in [1.82, 2.24) is 15.4 Å². The SMILES string of the molecule is CNc1cc(C(=O)NN2CCOCC2)c(Cl)cn1. The number of hydrogen-bond donors (Lipinski definition) is 2. The highest BCUT2D eigenvalue weighted by Gasteiger charge is 2.17. The van der Waals surface area contributed by atoms with Crippen molar-refractivity contribution < 1.29 is 9.53 Å². The first-order valence-electron chi connectivity index (χ1n) is 5.67. The van der Waals surface area contributed by atoms with E-state index in [1.165, 1.54) is 6.20 Å². The largest absolute Gasteiger partial charge is 0.379 e. The number of rotatable bonds is 3. The summed E-state index contributed by atoms with van der Waals surface area (Å²) in [4.78, 5) is 16.1. The summed E-state index contributed by atoms with van der Waals surface area (Å²) in [5.41, 5.74) is 3.21. The first-order chi connectivity index (χ1) is 8.70. The first kappa shape index (κ1) is 13.1. The average Bonchev–Trinajstić information content (AvgIpc) is 2.40. The van der Waals surface area contributed by atoms with E-state index in [1.807, 2.05) is 5.01 Å². The van der Waals surface area contributed by atoms with Crippen molar-refractivity contribution in [3.8, 4) is 0 Å². The van der Waals surface area contributed by atoms with Crippen molar-refractivity contribution >= 4 is 23.3 Å². The zero-order valence-electron chi connectivity index (χ0n) is 10.1. The second-order valence-corrected chi connectivity index (χ2v) is 4.25. The Kier molecular flexibility index (Phi) is 4.35. The van der Waals surface area contributed by atoms with Crippen LogP contribution in [0.2, 0.25) is 5.02 Å². The van der Waals surface area contributed by atoms with Gasteiger partial charge in [-0.2, -0.15) is 0 Å². The fourth-order valence-corrected chi connectivity index (χ4v) is 1.82. The number of hydrazine groups is 1. The first-order valence-corrected chi connectivity index (χ1v) is 6.05. The monoisotopic (exact) mass is 270 g/mol. The van der Waals surface area contributed by atoms with E-state index < -0.39 is 0 Å². The van der Waals surface area contributed by atoms with Crippen molar-refractivity contribution in [3.05, 3.63) is 22.8 Å². The van der Waals surface area contributed by atoms with Crippen LogP contribution in [0.5, 0.6) is 0 Å². The smallest absolute Gasteiger partial charge is 0.267 e. The molecule has 0 unspecified atom stereocenters. The van der Waals surface area contributed by atoms with Gasteiger partial charge in [0.25, 0.3) is 5.91 Å². The molecule has 1 aliphatic rings. The number of aromatic nitrogens is 1. The van der Waals surface area contributed by atoms with E-state index in [1.54, 1.807) is 13.1 Å². The molecule has 0 aliphatic carbocycles. The van der Waals surface area contributed by atoms with E-state index >= 15 is 0 Å². The molecular weight excluding hydrogens is 256 g/mol. The predicted molar refractivity (Wildman–Crippen MR) is 68.7 cm³/mol. The molecule has 0 bridgehead atoms. The Balaban J connectivity index is 2.07. The summed E-state index contributed by atoms with van der Waals surface area (Å²) in [6.45, 7) is 2.58. The molecule has 2 rings (SSSR count). The van der Waals surface area contributed by atoms with E-state index in [9.17, 15) is 4.79 Å². The molecule has 1 aromatic heterocycles. The van der Waals surface area contributed by atoms with Gasteiger partial charge < -0.3 is 10.1 Å². The van der Waals surface area contributed by atoms with Crippen LogP contribution in [0.25, 0.3) is 0 Å². The normalized spacial score (nSPS) is 16.3. The number of pyridine rings is 1. The molecule has 0 radical (unpaired) electrons. The van der Waals surface area contributed by atoms with Crippen LogP contribution in [-0.4, -0.2) is 49.3 Å². The van der Waals surface area contributed by atoms with Crippen LogP contribution in [0, 0.1) is 0 Å². The van der Waals surface area contributed by atoms with Gasteiger partial charge in [0.05, 0.1) is 23.8 Å². The lowest BCUT2D eigenvalue weighted by Gasteiger charge is -2.27. The lowest BCUT2D eigenvalue weighted by molar-refractivity contribution is 0.0126. The van der Waals surface area contributed by atoms with Crippen molar-refractivity contribution in [1.29, 1.82) is 0 Å². The summed E-state index contributed by atoms with van der Waals surface area (Å²) < 4.78 is 5.21. The average molecular weight is 271 g/mol. The van der Waals surface area contributed by atoms with E-state index in [4.69, 9.17) is 16.3 Å². The highest BCUT2D eigenvalue weighted by Crippen LogP contribution is 2.17.